The zero-order valence-electron chi connectivity index (χ0n) is 15.8. The van der Waals surface area contributed by atoms with E-state index >= 15 is 0 Å². The summed E-state index contributed by atoms with van der Waals surface area (Å²) in [6.45, 7) is 0.337. The van der Waals surface area contributed by atoms with Crippen LogP contribution < -0.4 is 4.74 Å². The lowest BCUT2D eigenvalue weighted by Crippen LogP contribution is -2.33. The first-order valence-corrected chi connectivity index (χ1v) is 11.0. The molecule has 5 nitrogen and oxygen atoms in total. The first-order valence-electron chi connectivity index (χ1n) is 9.10. The number of amides is 2. The molecule has 0 spiro atoms. The molecule has 0 saturated carbocycles. The van der Waals surface area contributed by atoms with Crippen LogP contribution in [0.15, 0.2) is 69.5 Å². The molecule has 7 heteroatoms. The Morgan fingerprint density at radius 2 is 1.90 bits per heavy atom. The number of nitrogens with zero attached hydrogens (tertiary/aromatic N) is 1. The maximum Gasteiger partial charge on any atom is 0.268 e. The van der Waals surface area contributed by atoms with Crippen molar-refractivity contribution >= 4 is 40.5 Å². The molecule has 0 bridgehead atoms. The summed E-state index contributed by atoms with van der Waals surface area (Å²) in [5.41, 5.74) is 1.54. The number of hydrogen-bond donors (Lipinski definition) is 0. The minimum atomic E-state index is -0.233. The van der Waals surface area contributed by atoms with Gasteiger partial charge in [-0.05, 0) is 47.7 Å². The molecule has 148 valence electrons. The summed E-state index contributed by atoms with van der Waals surface area (Å²) >= 11 is 2.82. The molecule has 1 aliphatic heterocycles. The molecule has 3 aromatic rings. The Morgan fingerprint density at radius 3 is 2.55 bits per heavy atom. The van der Waals surface area contributed by atoms with E-state index in [-0.39, 0.29) is 11.8 Å². The molecule has 0 fully saturated rings. The molecule has 0 saturated heterocycles. The summed E-state index contributed by atoms with van der Waals surface area (Å²) in [4.78, 5) is 28.8. The van der Waals surface area contributed by atoms with E-state index in [1.54, 1.807) is 13.4 Å². The molecular weight excluding hydrogens is 406 g/mol. The topological polar surface area (TPSA) is 59.8 Å². The van der Waals surface area contributed by atoms with Gasteiger partial charge in [-0.25, -0.2) is 0 Å². The van der Waals surface area contributed by atoms with E-state index in [2.05, 4.69) is 0 Å². The normalized spacial score (nSPS) is 14.2. The van der Waals surface area contributed by atoms with Crippen molar-refractivity contribution in [3.8, 4) is 5.75 Å². The van der Waals surface area contributed by atoms with Crippen molar-refractivity contribution in [2.75, 3.05) is 13.7 Å². The molecule has 1 aromatic carbocycles. The van der Waals surface area contributed by atoms with Gasteiger partial charge in [0.05, 0.1) is 29.6 Å². The molecule has 0 unspecified atom stereocenters. The number of methoxy groups -OCH3 is 1. The zero-order chi connectivity index (χ0) is 20.2. The fourth-order valence-corrected chi connectivity index (χ4v) is 4.96. The molecule has 0 N–H and O–H groups in total. The summed E-state index contributed by atoms with van der Waals surface area (Å²) in [6.07, 6.45) is 2.20. The highest BCUT2D eigenvalue weighted by atomic mass is 32.2. The van der Waals surface area contributed by atoms with Crippen molar-refractivity contribution in [2.45, 2.75) is 12.2 Å². The summed E-state index contributed by atoms with van der Waals surface area (Å²) in [7, 11) is 1.62. The van der Waals surface area contributed by atoms with Crippen molar-refractivity contribution in [1.29, 1.82) is 0 Å². The molecule has 2 aromatic heterocycles. The lowest BCUT2D eigenvalue weighted by Gasteiger charge is -2.15. The van der Waals surface area contributed by atoms with Crippen LogP contribution in [-0.2, 0) is 21.8 Å². The Labute approximate surface area is 177 Å². The lowest BCUT2D eigenvalue weighted by atomic mass is 10.1. The van der Waals surface area contributed by atoms with Crippen LogP contribution >= 0.6 is 23.1 Å². The van der Waals surface area contributed by atoms with Crippen LogP contribution in [-0.4, -0.2) is 30.4 Å². The number of hydrogen-bond acceptors (Lipinski definition) is 6. The van der Waals surface area contributed by atoms with Crippen LogP contribution in [0.5, 0.6) is 5.75 Å². The largest absolute Gasteiger partial charge is 0.497 e. The molecular formula is C22H19NO4S2. The lowest BCUT2D eigenvalue weighted by molar-refractivity contribution is -0.136. The van der Waals surface area contributed by atoms with E-state index in [1.807, 2.05) is 53.9 Å². The standard InChI is InChI=1S/C22H19NO4S2/c1-26-16-8-6-15(7-9-16)10-11-23-21(24)19(18-5-3-13-28-18)20(22(23)25)29-14-17-4-2-12-27-17/h2-9,12-13H,10-11,14H2,1H3. The van der Waals surface area contributed by atoms with Gasteiger partial charge in [0.15, 0.2) is 0 Å². The predicted octanol–water partition coefficient (Wildman–Crippen LogP) is 4.61. The van der Waals surface area contributed by atoms with Gasteiger partial charge in [0.2, 0.25) is 0 Å². The Morgan fingerprint density at radius 1 is 1.07 bits per heavy atom. The van der Waals surface area contributed by atoms with Gasteiger partial charge in [-0.15, -0.1) is 23.1 Å². The SMILES string of the molecule is COc1ccc(CCN2C(=O)C(SCc3ccco3)=C(c3cccs3)C2=O)cc1. The molecule has 0 aliphatic carbocycles. The fraction of sp³-hybridized carbons (Fsp3) is 0.182. The minimum Gasteiger partial charge on any atom is -0.497 e. The van der Waals surface area contributed by atoms with E-state index in [4.69, 9.17) is 9.15 Å². The Bertz CT molecular complexity index is 1020. The highest BCUT2D eigenvalue weighted by molar-refractivity contribution is 8.03. The number of carbonyl (C=O) groups excluding carboxylic acids is 2. The summed E-state index contributed by atoms with van der Waals surface area (Å²) in [5, 5.41) is 1.91. The highest BCUT2D eigenvalue weighted by Crippen LogP contribution is 2.39. The number of imide groups is 1. The number of carbonyl (C=O) groups is 2. The van der Waals surface area contributed by atoms with E-state index in [1.165, 1.54) is 28.0 Å². The molecule has 1 aliphatic rings. The monoisotopic (exact) mass is 425 g/mol. The number of rotatable bonds is 8. The second-order valence-corrected chi connectivity index (χ2v) is 8.34. The third-order valence-corrected chi connectivity index (χ3v) is 6.60. The number of furan rings is 1. The van der Waals surface area contributed by atoms with Crippen LogP contribution in [0.3, 0.4) is 0 Å². The molecule has 0 radical (unpaired) electrons. The van der Waals surface area contributed by atoms with Gasteiger partial charge in [-0.3, -0.25) is 14.5 Å². The van der Waals surface area contributed by atoms with Crippen molar-refractivity contribution in [3.63, 3.8) is 0 Å². The highest BCUT2D eigenvalue weighted by Gasteiger charge is 2.39. The number of ether oxygens (including phenoxy) is 1. The van der Waals surface area contributed by atoms with Crippen LogP contribution in [0, 0.1) is 0 Å². The van der Waals surface area contributed by atoms with E-state index in [9.17, 15) is 9.59 Å². The maximum atomic E-state index is 13.1. The quantitative estimate of drug-likeness (QED) is 0.494. The zero-order valence-corrected chi connectivity index (χ0v) is 17.4. The number of thioether (sulfide) groups is 1. The van der Waals surface area contributed by atoms with Gasteiger partial charge in [0.25, 0.3) is 11.8 Å². The Kier molecular flexibility index (Phi) is 5.87. The van der Waals surface area contributed by atoms with E-state index in [0.717, 1.165) is 22.0 Å². The molecule has 29 heavy (non-hydrogen) atoms. The number of benzene rings is 1. The van der Waals surface area contributed by atoms with Gasteiger partial charge in [0, 0.05) is 11.4 Å². The first-order chi connectivity index (χ1) is 14.2. The minimum absolute atomic E-state index is 0.229. The van der Waals surface area contributed by atoms with Crippen LogP contribution in [0.25, 0.3) is 5.57 Å². The molecule has 0 atom stereocenters. The van der Waals surface area contributed by atoms with Gasteiger partial charge in [-0.1, -0.05) is 18.2 Å². The van der Waals surface area contributed by atoms with Gasteiger partial charge in [0.1, 0.15) is 11.5 Å². The number of thiophene rings is 1. The van der Waals surface area contributed by atoms with Crippen LogP contribution in [0.2, 0.25) is 0 Å². The van der Waals surface area contributed by atoms with Crippen molar-refractivity contribution < 1.29 is 18.7 Å². The average molecular weight is 426 g/mol. The van der Waals surface area contributed by atoms with Gasteiger partial charge in [-0.2, -0.15) is 0 Å². The summed E-state index contributed by atoms with van der Waals surface area (Å²) in [5.74, 6) is 1.59. The fourth-order valence-electron chi connectivity index (χ4n) is 3.10. The molecule has 4 rings (SSSR count). The summed E-state index contributed by atoms with van der Waals surface area (Å²) in [6, 6.07) is 15.1. The smallest absolute Gasteiger partial charge is 0.268 e. The third kappa shape index (κ3) is 4.16. The molecule has 3 heterocycles. The second kappa shape index (κ2) is 8.71. The third-order valence-electron chi connectivity index (χ3n) is 4.62. The van der Waals surface area contributed by atoms with Gasteiger partial charge >= 0.3 is 0 Å². The molecule has 2 amide bonds. The second-order valence-electron chi connectivity index (χ2n) is 6.41. The van der Waals surface area contributed by atoms with E-state index < -0.39 is 0 Å². The van der Waals surface area contributed by atoms with Crippen LogP contribution in [0.4, 0.5) is 0 Å². The Balaban J connectivity index is 1.52. The van der Waals surface area contributed by atoms with Gasteiger partial charge < -0.3 is 9.15 Å². The van der Waals surface area contributed by atoms with Crippen LogP contribution in [0.1, 0.15) is 16.2 Å². The predicted molar refractivity (Wildman–Crippen MR) is 115 cm³/mol. The van der Waals surface area contributed by atoms with Crippen molar-refractivity contribution in [1.82, 2.24) is 4.90 Å². The van der Waals surface area contributed by atoms with Crippen molar-refractivity contribution in [2.24, 2.45) is 0 Å². The van der Waals surface area contributed by atoms with Crippen molar-refractivity contribution in [3.05, 3.63) is 81.3 Å². The average Bonchev–Trinajstić information content (AvgIpc) is 3.48. The van der Waals surface area contributed by atoms with E-state index in [0.29, 0.717) is 29.2 Å². The Hall–Kier alpha value is -2.77. The first kappa shape index (κ1) is 19.5. The maximum absolute atomic E-state index is 13.1. The summed E-state index contributed by atoms with van der Waals surface area (Å²) < 4.78 is 10.5.